The summed E-state index contributed by atoms with van der Waals surface area (Å²) in [5.74, 6) is 0.448. The molecule has 0 bridgehead atoms. The van der Waals surface area contributed by atoms with Gasteiger partial charge in [-0.3, -0.25) is 4.79 Å². The van der Waals surface area contributed by atoms with Gasteiger partial charge in [0.25, 0.3) is 0 Å². The summed E-state index contributed by atoms with van der Waals surface area (Å²) in [5.41, 5.74) is 1.34. The van der Waals surface area contributed by atoms with Gasteiger partial charge in [-0.1, -0.05) is 58.4 Å². The van der Waals surface area contributed by atoms with Crippen molar-refractivity contribution in [2.24, 2.45) is 0 Å². The topological polar surface area (TPSA) is 56.1 Å². The van der Waals surface area contributed by atoms with Crippen LogP contribution in [0.15, 0.2) is 46.8 Å². The summed E-state index contributed by atoms with van der Waals surface area (Å²) < 4.78 is 8.10. The fourth-order valence-electron chi connectivity index (χ4n) is 2.28. The van der Waals surface area contributed by atoms with Crippen LogP contribution in [0.3, 0.4) is 0 Å². The van der Waals surface area contributed by atoms with Crippen molar-refractivity contribution < 1.29 is 9.53 Å². The maximum Gasteiger partial charge on any atom is 0.237 e. The van der Waals surface area contributed by atoms with Crippen molar-refractivity contribution in [2.75, 3.05) is 12.4 Å². The maximum absolute atomic E-state index is 12.6. The van der Waals surface area contributed by atoms with E-state index >= 15 is 0 Å². The number of halogens is 2. The molecule has 1 N–H and O–H groups in total. The molecule has 0 aliphatic rings. The molecule has 3 aromatic rings. The maximum atomic E-state index is 12.6. The van der Waals surface area contributed by atoms with E-state index in [1.54, 1.807) is 42.1 Å². The second kappa shape index (κ2) is 9.28. The number of hydrogen-bond donors (Lipinski definition) is 1. The van der Waals surface area contributed by atoms with Gasteiger partial charge in [-0.05, 0) is 49.5 Å². The van der Waals surface area contributed by atoms with Crippen LogP contribution in [0.5, 0.6) is 5.75 Å². The number of ether oxygens (including phenoxy) is 1. The number of rotatable bonds is 6. The van der Waals surface area contributed by atoms with E-state index in [9.17, 15) is 4.79 Å². The number of nitrogens with zero attached hydrogens (tertiary/aromatic N) is 2. The van der Waals surface area contributed by atoms with Crippen LogP contribution in [0.25, 0.3) is 5.69 Å². The molecule has 0 aliphatic carbocycles. The minimum atomic E-state index is -0.382. The molecule has 1 heterocycles. The molecular weight excluding hydrogens is 457 g/mol. The van der Waals surface area contributed by atoms with Gasteiger partial charge >= 0.3 is 0 Å². The Hall–Kier alpha value is -1.58. The van der Waals surface area contributed by atoms with Crippen LogP contribution in [0.1, 0.15) is 6.92 Å². The molecule has 28 heavy (non-hydrogen) atoms. The van der Waals surface area contributed by atoms with Gasteiger partial charge in [-0.15, -0.1) is 5.10 Å². The predicted molar refractivity (Wildman–Crippen MR) is 119 cm³/mol. The monoisotopic (exact) mass is 471 g/mol. The van der Waals surface area contributed by atoms with E-state index < -0.39 is 0 Å². The van der Waals surface area contributed by atoms with Gasteiger partial charge in [0.1, 0.15) is 5.75 Å². The first-order valence-corrected chi connectivity index (χ1v) is 10.9. The summed E-state index contributed by atoms with van der Waals surface area (Å²) in [7, 11) is 1.56. The Kier molecular flexibility index (Phi) is 7.00. The van der Waals surface area contributed by atoms with Crippen LogP contribution in [-0.4, -0.2) is 28.0 Å². The third kappa shape index (κ3) is 4.87. The molecule has 3 rings (SSSR count). The summed E-state index contributed by atoms with van der Waals surface area (Å²) in [6, 6.07) is 12.4. The van der Waals surface area contributed by atoms with Crippen LogP contribution in [0.4, 0.5) is 5.69 Å². The van der Waals surface area contributed by atoms with Crippen molar-refractivity contribution in [3.05, 3.63) is 56.5 Å². The lowest BCUT2D eigenvalue weighted by molar-refractivity contribution is -0.115. The van der Waals surface area contributed by atoms with Gasteiger partial charge in [0.15, 0.2) is 8.29 Å². The molecule has 0 spiro atoms. The summed E-state index contributed by atoms with van der Waals surface area (Å²) >= 11 is 20.1. The van der Waals surface area contributed by atoms with Crippen molar-refractivity contribution in [3.8, 4) is 11.4 Å². The number of hydrogen-bond acceptors (Lipinski definition) is 6. The number of methoxy groups -OCH3 is 1. The first-order chi connectivity index (χ1) is 13.4. The number of nitrogens with one attached hydrogen (secondary N) is 1. The van der Waals surface area contributed by atoms with Crippen LogP contribution in [0, 0.1) is 3.95 Å². The number of aromatic nitrogens is 2. The molecule has 0 fully saturated rings. The SMILES string of the molecule is COc1ccccc1NC(=O)C(C)Sc1nn(-c2ccc(Cl)c(Cl)c2)c(=S)s1. The second-order valence-corrected chi connectivity index (χ2v) is 9.62. The zero-order valence-electron chi connectivity index (χ0n) is 14.8. The molecule has 2 aromatic carbocycles. The summed E-state index contributed by atoms with van der Waals surface area (Å²) in [6.07, 6.45) is 0. The van der Waals surface area contributed by atoms with Crippen molar-refractivity contribution in [1.29, 1.82) is 0 Å². The van der Waals surface area contributed by atoms with E-state index in [4.69, 9.17) is 40.2 Å². The average molecular weight is 472 g/mol. The van der Waals surface area contributed by atoms with Crippen LogP contribution in [-0.2, 0) is 4.79 Å². The molecule has 0 saturated carbocycles. The third-order valence-corrected chi connectivity index (χ3v) is 6.84. The number of para-hydroxylation sites is 2. The number of benzene rings is 2. The summed E-state index contributed by atoms with van der Waals surface area (Å²) in [4.78, 5) is 12.6. The summed E-state index contributed by atoms with van der Waals surface area (Å²) in [5, 5.41) is 7.88. The average Bonchev–Trinajstić information content (AvgIpc) is 3.04. The fraction of sp³-hybridized carbons (Fsp3) is 0.167. The lowest BCUT2D eigenvalue weighted by Gasteiger charge is -2.13. The highest BCUT2D eigenvalue weighted by Crippen LogP contribution is 2.31. The zero-order valence-corrected chi connectivity index (χ0v) is 18.8. The van der Waals surface area contributed by atoms with Gasteiger partial charge < -0.3 is 10.1 Å². The standard InChI is InChI=1S/C18H15Cl2N3O2S3/c1-10(16(24)21-14-5-3-4-6-15(14)25-2)27-17-22-23(18(26)28-17)11-7-8-12(19)13(20)9-11/h3-10H,1-2H3,(H,21,24). The van der Waals surface area contributed by atoms with Gasteiger partial charge in [0.05, 0.1) is 33.8 Å². The molecule has 0 aliphatic heterocycles. The molecule has 1 aromatic heterocycles. The Morgan fingerprint density at radius 3 is 2.75 bits per heavy atom. The highest BCUT2D eigenvalue weighted by molar-refractivity contribution is 8.02. The second-order valence-electron chi connectivity index (χ2n) is 5.59. The minimum Gasteiger partial charge on any atom is -0.495 e. The number of thioether (sulfide) groups is 1. The molecule has 1 unspecified atom stereocenters. The van der Waals surface area contributed by atoms with E-state index in [-0.39, 0.29) is 11.2 Å². The van der Waals surface area contributed by atoms with Crippen LogP contribution >= 0.6 is 58.5 Å². The first kappa shape index (κ1) is 21.1. The van der Waals surface area contributed by atoms with Gasteiger partial charge in [0.2, 0.25) is 5.91 Å². The number of amides is 1. The number of carbonyl (C=O) groups excluding carboxylic acids is 1. The largest absolute Gasteiger partial charge is 0.495 e. The highest BCUT2D eigenvalue weighted by atomic mass is 35.5. The number of carbonyl (C=O) groups is 1. The summed E-state index contributed by atoms with van der Waals surface area (Å²) in [6.45, 7) is 1.81. The minimum absolute atomic E-state index is 0.156. The van der Waals surface area contributed by atoms with E-state index in [2.05, 4.69) is 10.4 Å². The van der Waals surface area contributed by atoms with Gasteiger partial charge in [0, 0.05) is 0 Å². The zero-order chi connectivity index (χ0) is 20.3. The molecule has 5 nitrogen and oxygen atoms in total. The molecule has 1 atom stereocenters. The fourth-order valence-corrected chi connectivity index (χ4v) is 5.07. The predicted octanol–water partition coefficient (Wildman–Crippen LogP) is 6.10. The van der Waals surface area contributed by atoms with E-state index in [1.165, 1.54) is 23.1 Å². The Morgan fingerprint density at radius 2 is 2.04 bits per heavy atom. The van der Waals surface area contributed by atoms with E-state index in [0.717, 1.165) is 0 Å². The quantitative estimate of drug-likeness (QED) is 0.347. The van der Waals surface area contributed by atoms with Crippen LogP contribution < -0.4 is 10.1 Å². The van der Waals surface area contributed by atoms with E-state index in [1.807, 2.05) is 19.1 Å². The Morgan fingerprint density at radius 1 is 1.29 bits per heavy atom. The Balaban J connectivity index is 1.74. The Labute approximate surface area is 185 Å². The lowest BCUT2D eigenvalue weighted by Crippen LogP contribution is -2.22. The first-order valence-electron chi connectivity index (χ1n) is 8.05. The number of anilines is 1. The van der Waals surface area contributed by atoms with Crippen molar-refractivity contribution >= 4 is 70.1 Å². The molecule has 10 heteroatoms. The van der Waals surface area contributed by atoms with Gasteiger partial charge in [-0.2, -0.15) is 0 Å². The van der Waals surface area contributed by atoms with Crippen LogP contribution in [0.2, 0.25) is 10.0 Å². The lowest BCUT2D eigenvalue weighted by atomic mass is 10.3. The van der Waals surface area contributed by atoms with Gasteiger partial charge in [-0.25, -0.2) is 4.68 Å². The molecule has 1 amide bonds. The molecule has 0 saturated heterocycles. The van der Waals surface area contributed by atoms with Crippen molar-refractivity contribution in [2.45, 2.75) is 16.5 Å². The Bertz CT molecular complexity index is 1070. The molecular formula is C18H15Cl2N3O2S3. The van der Waals surface area contributed by atoms with E-state index in [0.29, 0.717) is 35.5 Å². The smallest absolute Gasteiger partial charge is 0.237 e. The highest BCUT2D eigenvalue weighted by Gasteiger charge is 2.19. The van der Waals surface area contributed by atoms with Crippen molar-refractivity contribution in [3.63, 3.8) is 0 Å². The van der Waals surface area contributed by atoms with Crippen molar-refractivity contribution in [1.82, 2.24) is 9.78 Å². The molecule has 0 radical (unpaired) electrons. The normalized spacial score (nSPS) is 11.9. The third-order valence-electron chi connectivity index (χ3n) is 3.69. The molecule has 146 valence electrons.